The summed E-state index contributed by atoms with van der Waals surface area (Å²) in [6.45, 7) is 0.426. The third-order valence-electron chi connectivity index (χ3n) is 4.53. The highest BCUT2D eigenvalue weighted by Crippen LogP contribution is 2.35. The number of nitrogens with one attached hydrogen (secondary N) is 2. The van der Waals surface area contributed by atoms with E-state index in [0.717, 1.165) is 11.1 Å². The van der Waals surface area contributed by atoms with Gasteiger partial charge in [-0.15, -0.1) is 0 Å². The van der Waals surface area contributed by atoms with Crippen molar-refractivity contribution in [1.29, 1.82) is 0 Å². The SMILES string of the molecule is O=C(NCc1ccccc1)[C@H](Sc1nc2ccc([N+](=O)[O-])cc2[nH]1)c1ccccc1. The Balaban J connectivity index is 1.58. The van der Waals surface area contributed by atoms with Crippen molar-refractivity contribution >= 4 is 34.4 Å². The molecule has 1 atom stereocenters. The smallest absolute Gasteiger partial charge is 0.271 e. The summed E-state index contributed by atoms with van der Waals surface area (Å²) >= 11 is 1.28. The quantitative estimate of drug-likeness (QED) is 0.259. The number of aromatic amines is 1. The number of nitro benzene ring substituents is 1. The Labute approximate surface area is 176 Å². The van der Waals surface area contributed by atoms with Crippen LogP contribution in [0.2, 0.25) is 0 Å². The molecule has 8 heteroatoms. The van der Waals surface area contributed by atoms with Gasteiger partial charge in [0.2, 0.25) is 5.91 Å². The predicted molar refractivity (Wildman–Crippen MR) is 116 cm³/mol. The number of thioether (sulfide) groups is 1. The number of nitro groups is 1. The number of carbonyl (C=O) groups is 1. The Kier molecular flexibility index (Phi) is 5.76. The lowest BCUT2D eigenvalue weighted by Gasteiger charge is -2.16. The van der Waals surface area contributed by atoms with Gasteiger partial charge in [0.25, 0.3) is 5.69 Å². The van der Waals surface area contributed by atoms with Crippen LogP contribution in [0.15, 0.2) is 84.0 Å². The van der Waals surface area contributed by atoms with Gasteiger partial charge in [0.15, 0.2) is 5.16 Å². The minimum Gasteiger partial charge on any atom is -0.351 e. The maximum absolute atomic E-state index is 13.0. The van der Waals surface area contributed by atoms with Crippen molar-refractivity contribution < 1.29 is 9.72 Å². The number of hydrogen-bond acceptors (Lipinski definition) is 5. The number of imidazole rings is 1. The van der Waals surface area contributed by atoms with E-state index in [2.05, 4.69) is 15.3 Å². The molecule has 0 aliphatic carbocycles. The predicted octanol–water partition coefficient (Wildman–Crippen LogP) is 4.62. The number of carbonyl (C=O) groups excluding carboxylic acids is 1. The number of rotatable bonds is 7. The lowest BCUT2D eigenvalue weighted by molar-refractivity contribution is -0.384. The summed E-state index contributed by atoms with van der Waals surface area (Å²) in [7, 11) is 0. The van der Waals surface area contributed by atoms with Crippen LogP contribution >= 0.6 is 11.8 Å². The molecule has 0 fully saturated rings. The minimum absolute atomic E-state index is 0.0112. The van der Waals surface area contributed by atoms with Crippen molar-refractivity contribution in [2.45, 2.75) is 17.0 Å². The summed E-state index contributed by atoms with van der Waals surface area (Å²) in [4.78, 5) is 31.1. The summed E-state index contributed by atoms with van der Waals surface area (Å²) in [5.74, 6) is -0.138. The highest BCUT2D eigenvalue weighted by Gasteiger charge is 2.23. The second-order valence-corrected chi connectivity index (χ2v) is 7.71. The molecule has 0 saturated heterocycles. The molecular formula is C22H18N4O3S. The Bertz CT molecular complexity index is 1180. The van der Waals surface area contributed by atoms with Gasteiger partial charge in [-0.2, -0.15) is 0 Å². The molecule has 7 nitrogen and oxygen atoms in total. The molecular weight excluding hydrogens is 400 g/mol. The van der Waals surface area contributed by atoms with E-state index in [4.69, 9.17) is 0 Å². The Morgan fingerprint density at radius 2 is 1.77 bits per heavy atom. The second-order valence-electron chi connectivity index (χ2n) is 6.61. The fourth-order valence-corrected chi connectivity index (χ4v) is 4.06. The van der Waals surface area contributed by atoms with Crippen LogP contribution < -0.4 is 5.32 Å². The molecule has 4 rings (SSSR count). The summed E-state index contributed by atoms with van der Waals surface area (Å²) in [6.07, 6.45) is 0. The highest BCUT2D eigenvalue weighted by atomic mass is 32.2. The molecule has 2 N–H and O–H groups in total. The molecule has 0 saturated carbocycles. The van der Waals surface area contributed by atoms with E-state index in [-0.39, 0.29) is 11.6 Å². The molecule has 0 unspecified atom stereocenters. The van der Waals surface area contributed by atoms with Crippen molar-refractivity contribution in [3.63, 3.8) is 0 Å². The van der Waals surface area contributed by atoms with Crippen LogP contribution in [0.4, 0.5) is 5.69 Å². The molecule has 1 amide bonds. The Hall–Kier alpha value is -3.65. The largest absolute Gasteiger partial charge is 0.351 e. The van der Waals surface area contributed by atoms with Crippen LogP contribution in [0.5, 0.6) is 0 Å². The summed E-state index contributed by atoms with van der Waals surface area (Å²) < 4.78 is 0. The van der Waals surface area contributed by atoms with Crippen LogP contribution in [0, 0.1) is 10.1 Å². The minimum atomic E-state index is -0.523. The van der Waals surface area contributed by atoms with Crippen LogP contribution in [0.25, 0.3) is 11.0 Å². The number of hydrogen-bond donors (Lipinski definition) is 2. The second kappa shape index (κ2) is 8.79. The molecule has 0 aliphatic rings. The molecule has 30 heavy (non-hydrogen) atoms. The fraction of sp³-hybridized carbons (Fsp3) is 0.0909. The van der Waals surface area contributed by atoms with Gasteiger partial charge in [0.1, 0.15) is 5.25 Å². The highest BCUT2D eigenvalue weighted by molar-refractivity contribution is 8.00. The topological polar surface area (TPSA) is 101 Å². The average molecular weight is 418 g/mol. The van der Waals surface area contributed by atoms with E-state index in [0.29, 0.717) is 22.7 Å². The van der Waals surface area contributed by atoms with E-state index in [9.17, 15) is 14.9 Å². The average Bonchev–Trinajstić information content (AvgIpc) is 3.19. The van der Waals surface area contributed by atoms with E-state index in [1.54, 1.807) is 6.07 Å². The summed E-state index contributed by atoms with van der Waals surface area (Å²) in [5.41, 5.74) is 3.02. The first-order valence-corrected chi connectivity index (χ1v) is 10.2. The van der Waals surface area contributed by atoms with Crippen LogP contribution in [0.3, 0.4) is 0 Å². The lowest BCUT2D eigenvalue weighted by atomic mass is 10.1. The molecule has 0 bridgehead atoms. The zero-order chi connectivity index (χ0) is 20.9. The zero-order valence-corrected chi connectivity index (χ0v) is 16.6. The normalized spacial score (nSPS) is 11.9. The first kappa shape index (κ1) is 19.7. The van der Waals surface area contributed by atoms with Gasteiger partial charge < -0.3 is 10.3 Å². The van der Waals surface area contributed by atoms with E-state index in [1.165, 1.54) is 23.9 Å². The standard InChI is InChI=1S/C22H18N4O3S/c27-21(23-14-15-7-3-1-4-8-15)20(16-9-5-2-6-10-16)30-22-24-18-12-11-17(26(28)29)13-19(18)25-22/h1-13,20H,14H2,(H,23,27)(H,24,25)/t20-/m1/s1. The van der Waals surface area contributed by atoms with Gasteiger partial charge in [-0.1, -0.05) is 72.4 Å². The maximum atomic E-state index is 13.0. The molecule has 4 aromatic rings. The molecule has 1 aromatic heterocycles. The molecule has 3 aromatic carbocycles. The van der Waals surface area contributed by atoms with Gasteiger partial charge in [-0.05, 0) is 17.2 Å². The maximum Gasteiger partial charge on any atom is 0.271 e. The third-order valence-corrected chi connectivity index (χ3v) is 5.67. The third kappa shape index (κ3) is 4.49. The van der Waals surface area contributed by atoms with Crippen molar-refractivity contribution in [1.82, 2.24) is 15.3 Å². The first-order valence-electron chi connectivity index (χ1n) is 9.27. The number of aromatic nitrogens is 2. The number of benzene rings is 3. The van der Waals surface area contributed by atoms with Gasteiger partial charge in [0, 0.05) is 18.7 Å². The Morgan fingerprint density at radius 1 is 1.07 bits per heavy atom. The molecule has 1 heterocycles. The van der Waals surface area contributed by atoms with Crippen LogP contribution in [-0.2, 0) is 11.3 Å². The molecule has 150 valence electrons. The van der Waals surface area contributed by atoms with Crippen molar-refractivity contribution in [2.75, 3.05) is 0 Å². The Morgan fingerprint density at radius 3 is 2.47 bits per heavy atom. The summed E-state index contributed by atoms with van der Waals surface area (Å²) in [5, 5.41) is 14.0. The van der Waals surface area contributed by atoms with Gasteiger partial charge >= 0.3 is 0 Å². The monoisotopic (exact) mass is 418 g/mol. The molecule has 0 spiro atoms. The number of H-pyrrole nitrogens is 1. The zero-order valence-electron chi connectivity index (χ0n) is 15.8. The first-order chi connectivity index (χ1) is 14.6. The number of non-ortho nitro benzene ring substituents is 1. The van der Waals surface area contributed by atoms with Gasteiger partial charge in [-0.3, -0.25) is 14.9 Å². The number of amides is 1. The van der Waals surface area contributed by atoms with Crippen LogP contribution in [-0.4, -0.2) is 20.8 Å². The molecule has 0 radical (unpaired) electrons. The number of nitrogens with zero attached hydrogens (tertiary/aromatic N) is 2. The fourth-order valence-electron chi connectivity index (χ4n) is 3.03. The van der Waals surface area contributed by atoms with Crippen molar-refractivity contribution in [3.8, 4) is 0 Å². The van der Waals surface area contributed by atoms with Crippen LogP contribution in [0.1, 0.15) is 16.4 Å². The molecule has 0 aliphatic heterocycles. The number of fused-ring (bicyclic) bond motifs is 1. The van der Waals surface area contributed by atoms with Crippen molar-refractivity contribution in [2.24, 2.45) is 0 Å². The van der Waals surface area contributed by atoms with E-state index >= 15 is 0 Å². The van der Waals surface area contributed by atoms with Gasteiger partial charge in [-0.25, -0.2) is 4.98 Å². The van der Waals surface area contributed by atoms with Crippen molar-refractivity contribution in [3.05, 3.63) is 100 Å². The summed E-state index contributed by atoms with van der Waals surface area (Å²) in [6, 6.07) is 23.6. The lowest BCUT2D eigenvalue weighted by Crippen LogP contribution is -2.27. The van der Waals surface area contributed by atoms with E-state index in [1.807, 2.05) is 60.7 Å². The van der Waals surface area contributed by atoms with E-state index < -0.39 is 10.2 Å². The van der Waals surface area contributed by atoms with Gasteiger partial charge in [0.05, 0.1) is 16.0 Å².